The molecule has 0 unspecified atom stereocenters. The molecule has 4 heteroatoms. The monoisotopic (exact) mass is 258 g/mol. The number of fused-ring (bicyclic) bond motifs is 1. The topological polar surface area (TPSA) is 54.1 Å². The minimum atomic E-state index is -0.0112. The summed E-state index contributed by atoms with van der Waals surface area (Å²) in [5, 5.41) is 4.47. The lowest BCUT2D eigenvalue weighted by Crippen LogP contribution is -2.37. The second kappa shape index (κ2) is 5.55. The largest absolute Gasteiger partial charge is 0.380 e. The van der Waals surface area contributed by atoms with Crippen molar-refractivity contribution in [2.45, 2.75) is 25.4 Å². The van der Waals surface area contributed by atoms with Gasteiger partial charge in [-0.1, -0.05) is 18.2 Å². The summed E-state index contributed by atoms with van der Waals surface area (Å²) in [4.78, 5) is 14.9. The molecule has 4 nitrogen and oxygen atoms in total. The van der Waals surface area contributed by atoms with Crippen LogP contribution in [0.5, 0.6) is 0 Å². The van der Waals surface area contributed by atoms with E-state index in [2.05, 4.69) is 10.3 Å². The molecule has 2 heterocycles. The minimum Gasteiger partial charge on any atom is -0.380 e. The lowest BCUT2D eigenvalue weighted by molar-refractivity contribution is 0.0699. The van der Waals surface area contributed by atoms with Gasteiger partial charge in [0.1, 0.15) is 0 Å². The van der Waals surface area contributed by atoms with Gasteiger partial charge in [-0.2, -0.15) is 0 Å². The van der Waals surface area contributed by atoms with E-state index in [-0.39, 0.29) is 5.56 Å². The fraction of sp³-hybridized carbons (Fsp3) is 0.400. The Morgan fingerprint density at radius 3 is 3.11 bits per heavy atom. The van der Waals surface area contributed by atoms with Crippen LogP contribution in [0.3, 0.4) is 0 Å². The molecule has 0 aliphatic carbocycles. The summed E-state index contributed by atoms with van der Waals surface area (Å²) < 4.78 is 5.42. The van der Waals surface area contributed by atoms with E-state index in [0.29, 0.717) is 12.6 Å². The van der Waals surface area contributed by atoms with Crippen molar-refractivity contribution in [1.29, 1.82) is 0 Å². The average molecular weight is 258 g/mol. The smallest absolute Gasteiger partial charge is 0.252 e. The first-order valence-corrected chi connectivity index (χ1v) is 6.75. The Hall–Kier alpha value is -1.65. The third-order valence-corrected chi connectivity index (χ3v) is 3.57. The van der Waals surface area contributed by atoms with Crippen molar-refractivity contribution in [3.63, 3.8) is 0 Å². The summed E-state index contributed by atoms with van der Waals surface area (Å²) in [5.41, 5.74) is 1.66. The maximum atomic E-state index is 12.0. The third-order valence-electron chi connectivity index (χ3n) is 3.57. The second-order valence-corrected chi connectivity index (χ2v) is 5.01. The van der Waals surface area contributed by atoms with Crippen LogP contribution in [0.25, 0.3) is 10.9 Å². The molecule has 1 aromatic carbocycles. The Kier molecular flexibility index (Phi) is 3.62. The van der Waals surface area contributed by atoms with Crippen LogP contribution in [-0.4, -0.2) is 24.2 Å². The van der Waals surface area contributed by atoms with Gasteiger partial charge < -0.3 is 15.0 Å². The van der Waals surface area contributed by atoms with Crippen LogP contribution in [0, 0.1) is 0 Å². The first-order valence-electron chi connectivity index (χ1n) is 6.75. The lowest BCUT2D eigenvalue weighted by Gasteiger charge is -2.23. The number of H-pyrrole nitrogens is 1. The fourth-order valence-corrected chi connectivity index (χ4v) is 2.48. The van der Waals surface area contributed by atoms with Crippen LogP contribution in [0.15, 0.2) is 35.1 Å². The normalized spacial score (nSPS) is 19.7. The summed E-state index contributed by atoms with van der Waals surface area (Å²) in [6, 6.07) is 10.2. The van der Waals surface area contributed by atoms with Crippen LogP contribution in [0.4, 0.5) is 0 Å². The molecule has 100 valence electrons. The highest BCUT2D eigenvalue weighted by Crippen LogP contribution is 2.11. The number of pyridine rings is 1. The highest BCUT2D eigenvalue weighted by Gasteiger charge is 2.13. The van der Waals surface area contributed by atoms with Crippen LogP contribution >= 0.6 is 0 Å². The second-order valence-electron chi connectivity index (χ2n) is 5.01. The van der Waals surface area contributed by atoms with E-state index >= 15 is 0 Å². The minimum absolute atomic E-state index is 0.0112. The lowest BCUT2D eigenvalue weighted by atomic mass is 10.1. The summed E-state index contributed by atoms with van der Waals surface area (Å²) in [7, 11) is 0. The van der Waals surface area contributed by atoms with Crippen molar-refractivity contribution in [3.05, 3.63) is 46.2 Å². The predicted octanol–water partition coefficient (Wildman–Crippen LogP) is 1.80. The molecular formula is C15H18N2O2. The van der Waals surface area contributed by atoms with Gasteiger partial charge in [0.05, 0.1) is 6.61 Å². The van der Waals surface area contributed by atoms with Gasteiger partial charge in [0, 0.05) is 30.3 Å². The van der Waals surface area contributed by atoms with E-state index in [9.17, 15) is 4.79 Å². The number of ether oxygens (including phenoxy) is 1. The van der Waals surface area contributed by atoms with Gasteiger partial charge >= 0.3 is 0 Å². The number of aromatic amines is 1. The summed E-state index contributed by atoms with van der Waals surface area (Å²) >= 11 is 0. The van der Waals surface area contributed by atoms with E-state index in [1.807, 2.05) is 30.3 Å². The Labute approximate surface area is 111 Å². The Morgan fingerprint density at radius 2 is 2.26 bits per heavy atom. The average Bonchev–Trinajstić information content (AvgIpc) is 2.46. The maximum Gasteiger partial charge on any atom is 0.252 e. The number of aromatic nitrogens is 1. The molecule has 0 spiro atoms. The molecule has 1 aliphatic rings. The molecule has 3 rings (SSSR count). The molecule has 1 atom stereocenters. The maximum absolute atomic E-state index is 12.0. The number of hydrogen-bond donors (Lipinski definition) is 2. The predicted molar refractivity (Wildman–Crippen MR) is 75.2 cm³/mol. The van der Waals surface area contributed by atoms with Crippen LogP contribution < -0.4 is 10.9 Å². The standard InChI is InChI=1S/C15H18N2O2/c18-15-12(9-16-13-5-3-7-19-10-13)8-11-4-1-2-6-14(11)17-15/h1-2,4,6,8,13,16H,3,5,7,9-10H2,(H,17,18)/t13-/m1/s1. The van der Waals surface area contributed by atoms with E-state index < -0.39 is 0 Å². The van der Waals surface area contributed by atoms with E-state index in [0.717, 1.165) is 42.5 Å². The van der Waals surface area contributed by atoms with Crippen molar-refractivity contribution in [2.24, 2.45) is 0 Å². The van der Waals surface area contributed by atoms with E-state index in [1.165, 1.54) is 0 Å². The molecule has 0 amide bonds. The summed E-state index contributed by atoms with van der Waals surface area (Å²) in [6.45, 7) is 2.19. The van der Waals surface area contributed by atoms with Crippen LogP contribution in [0.2, 0.25) is 0 Å². The Morgan fingerprint density at radius 1 is 1.37 bits per heavy atom. The number of rotatable bonds is 3. The molecule has 1 saturated heterocycles. The van der Waals surface area contributed by atoms with Crippen LogP contribution in [-0.2, 0) is 11.3 Å². The summed E-state index contributed by atoms with van der Waals surface area (Å²) in [6.07, 6.45) is 2.21. The van der Waals surface area contributed by atoms with Crippen molar-refractivity contribution in [1.82, 2.24) is 10.3 Å². The molecule has 19 heavy (non-hydrogen) atoms. The van der Waals surface area contributed by atoms with Gasteiger partial charge in [0.2, 0.25) is 0 Å². The van der Waals surface area contributed by atoms with Gasteiger partial charge in [0.25, 0.3) is 5.56 Å². The zero-order valence-electron chi connectivity index (χ0n) is 10.8. The van der Waals surface area contributed by atoms with Crippen molar-refractivity contribution in [2.75, 3.05) is 13.2 Å². The summed E-state index contributed by atoms with van der Waals surface area (Å²) in [5.74, 6) is 0. The highest BCUT2D eigenvalue weighted by atomic mass is 16.5. The van der Waals surface area contributed by atoms with E-state index in [1.54, 1.807) is 0 Å². The molecule has 0 bridgehead atoms. The van der Waals surface area contributed by atoms with Gasteiger partial charge in [0.15, 0.2) is 0 Å². The Balaban J connectivity index is 1.76. The quantitative estimate of drug-likeness (QED) is 0.882. The molecule has 1 aliphatic heterocycles. The molecule has 0 radical (unpaired) electrons. The number of hydrogen-bond acceptors (Lipinski definition) is 3. The van der Waals surface area contributed by atoms with Gasteiger partial charge in [-0.15, -0.1) is 0 Å². The van der Waals surface area contributed by atoms with Crippen molar-refractivity contribution < 1.29 is 4.74 Å². The molecule has 1 fully saturated rings. The van der Waals surface area contributed by atoms with Gasteiger partial charge in [-0.3, -0.25) is 4.79 Å². The SMILES string of the molecule is O=c1[nH]c2ccccc2cc1CN[C@@H]1CCCOC1. The number of benzene rings is 1. The molecular weight excluding hydrogens is 240 g/mol. The first-order chi connectivity index (χ1) is 9.33. The third kappa shape index (κ3) is 2.85. The number of para-hydroxylation sites is 1. The van der Waals surface area contributed by atoms with E-state index in [4.69, 9.17) is 4.74 Å². The fourth-order valence-electron chi connectivity index (χ4n) is 2.48. The molecule has 0 saturated carbocycles. The zero-order chi connectivity index (χ0) is 13.1. The van der Waals surface area contributed by atoms with Gasteiger partial charge in [-0.05, 0) is 30.4 Å². The van der Waals surface area contributed by atoms with Crippen molar-refractivity contribution >= 4 is 10.9 Å². The van der Waals surface area contributed by atoms with Gasteiger partial charge in [-0.25, -0.2) is 0 Å². The zero-order valence-corrected chi connectivity index (χ0v) is 10.8. The molecule has 2 aromatic rings. The van der Waals surface area contributed by atoms with Crippen LogP contribution in [0.1, 0.15) is 18.4 Å². The Bertz CT molecular complexity index is 615. The van der Waals surface area contributed by atoms with Crippen molar-refractivity contribution in [3.8, 4) is 0 Å². The molecule has 2 N–H and O–H groups in total. The first kappa shape index (κ1) is 12.4. The highest BCUT2D eigenvalue weighted by molar-refractivity contribution is 5.78. The number of nitrogens with one attached hydrogen (secondary N) is 2. The molecule has 1 aromatic heterocycles.